The van der Waals surface area contributed by atoms with Crippen molar-refractivity contribution >= 4 is 5.91 Å². The number of rotatable bonds is 7. The van der Waals surface area contributed by atoms with Crippen molar-refractivity contribution in [1.82, 2.24) is 15.1 Å². The second kappa shape index (κ2) is 7.40. The van der Waals surface area contributed by atoms with Gasteiger partial charge >= 0.3 is 0 Å². The second-order valence-electron chi connectivity index (χ2n) is 4.75. The number of benzene rings is 1. The van der Waals surface area contributed by atoms with Crippen molar-refractivity contribution in [3.63, 3.8) is 0 Å². The van der Waals surface area contributed by atoms with Crippen LogP contribution in [0.4, 0.5) is 0 Å². The zero-order valence-electron chi connectivity index (χ0n) is 12.1. The normalized spacial score (nSPS) is 10.3. The number of amides is 1. The molecule has 0 spiro atoms. The largest absolute Gasteiger partial charge is 0.375 e. The lowest BCUT2D eigenvalue weighted by atomic mass is 10.3. The Morgan fingerprint density at radius 2 is 2.10 bits per heavy atom. The third-order valence-electron chi connectivity index (χ3n) is 2.72. The molecule has 1 amide bonds. The van der Waals surface area contributed by atoms with Crippen molar-refractivity contribution in [3.05, 3.63) is 60.4 Å². The molecule has 110 valence electrons. The maximum atomic E-state index is 11.9. The fourth-order valence-corrected chi connectivity index (χ4v) is 1.74. The van der Waals surface area contributed by atoms with Crippen LogP contribution < -0.4 is 5.32 Å². The van der Waals surface area contributed by atoms with Crippen molar-refractivity contribution in [2.75, 3.05) is 19.8 Å². The molecule has 0 fully saturated rings. The Morgan fingerprint density at radius 1 is 1.33 bits per heavy atom. The van der Waals surface area contributed by atoms with E-state index >= 15 is 0 Å². The van der Waals surface area contributed by atoms with Crippen molar-refractivity contribution in [2.24, 2.45) is 0 Å². The van der Waals surface area contributed by atoms with Gasteiger partial charge in [0, 0.05) is 12.7 Å². The maximum absolute atomic E-state index is 11.9. The molecule has 0 aliphatic rings. The lowest BCUT2D eigenvalue weighted by molar-refractivity contribution is 0.0921. The molecular weight excluding hydrogens is 266 g/mol. The molecule has 1 aromatic carbocycles. The summed E-state index contributed by atoms with van der Waals surface area (Å²) >= 11 is 0. The molecule has 0 atom stereocenters. The first kappa shape index (κ1) is 15.0. The highest BCUT2D eigenvalue weighted by molar-refractivity contribution is 5.92. The average molecular weight is 285 g/mol. The van der Waals surface area contributed by atoms with Crippen LogP contribution in [0, 0.1) is 0 Å². The molecule has 1 heterocycles. The lowest BCUT2D eigenvalue weighted by Gasteiger charge is -2.05. The van der Waals surface area contributed by atoms with E-state index in [2.05, 4.69) is 17.0 Å². The quantitative estimate of drug-likeness (QED) is 0.626. The summed E-state index contributed by atoms with van der Waals surface area (Å²) in [5.41, 5.74) is 2.27. The molecule has 0 aliphatic carbocycles. The summed E-state index contributed by atoms with van der Waals surface area (Å²) in [4.78, 5) is 11.9. The Balaban J connectivity index is 1.84. The van der Waals surface area contributed by atoms with Gasteiger partial charge in [-0.2, -0.15) is 5.10 Å². The molecule has 0 radical (unpaired) electrons. The van der Waals surface area contributed by atoms with Gasteiger partial charge in [0.2, 0.25) is 0 Å². The minimum absolute atomic E-state index is 0.205. The van der Waals surface area contributed by atoms with Crippen molar-refractivity contribution < 1.29 is 9.53 Å². The van der Waals surface area contributed by atoms with Gasteiger partial charge in [-0.25, -0.2) is 4.68 Å². The predicted octanol–water partition coefficient (Wildman–Crippen LogP) is 2.19. The van der Waals surface area contributed by atoms with Gasteiger partial charge in [0.15, 0.2) is 5.69 Å². The summed E-state index contributed by atoms with van der Waals surface area (Å²) in [6.07, 6.45) is 1.77. The number of nitrogens with zero attached hydrogens (tertiary/aromatic N) is 2. The Labute approximate surface area is 124 Å². The van der Waals surface area contributed by atoms with Gasteiger partial charge in [0.25, 0.3) is 5.91 Å². The van der Waals surface area contributed by atoms with E-state index in [4.69, 9.17) is 4.74 Å². The zero-order valence-corrected chi connectivity index (χ0v) is 12.1. The average Bonchev–Trinajstić information content (AvgIpc) is 2.97. The topological polar surface area (TPSA) is 56.1 Å². The minimum atomic E-state index is -0.205. The summed E-state index contributed by atoms with van der Waals surface area (Å²) in [6, 6.07) is 11.3. The number of carbonyl (C=O) groups excluding carboxylic acids is 1. The van der Waals surface area contributed by atoms with E-state index in [1.54, 1.807) is 16.9 Å². The van der Waals surface area contributed by atoms with E-state index in [9.17, 15) is 4.79 Å². The van der Waals surface area contributed by atoms with Crippen LogP contribution in [0.2, 0.25) is 0 Å². The number of carbonyl (C=O) groups is 1. The summed E-state index contributed by atoms with van der Waals surface area (Å²) < 4.78 is 6.99. The van der Waals surface area contributed by atoms with Gasteiger partial charge in [-0.15, -0.1) is 0 Å². The van der Waals surface area contributed by atoms with Crippen LogP contribution in [0.1, 0.15) is 17.4 Å². The number of ether oxygens (including phenoxy) is 1. The van der Waals surface area contributed by atoms with E-state index in [1.807, 2.05) is 37.3 Å². The third-order valence-corrected chi connectivity index (χ3v) is 2.72. The Kier molecular flexibility index (Phi) is 5.29. The first-order valence-corrected chi connectivity index (χ1v) is 6.78. The fourth-order valence-electron chi connectivity index (χ4n) is 1.74. The molecular formula is C16H19N3O2. The maximum Gasteiger partial charge on any atom is 0.271 e. The minimum Gasteiger partial charge on any atom is -0.375 e. The van der Waals surface area contributed by atoms with Crippen LogP contribution in [0.25, 0.3) is 5.69 Å². The van der Waals surface area contributed by atoms with Crippen molar-refractivity contribution in [3.8, 4) is 5.69 Å². The number of aromatic nitrogens is 2. The van der Waals surface area contributed by atoms with E-state index in [0.29, 0.717) is 25.5 Å². The van der Waals surface area contributed by atoms with E-state index < -0.39 is 0 Å². The first-order valence-electron chi connectivity index (χ1n) is 6.78. The van der Waals surface area contributed by atoms with Crippen LogP contribution >= 0.6 is 0 Å². The van der Waals surface area contributed by atoms with Gasteiger partial charge in [0.05, 0.1) is 18.9 Å². The molecule has 0 aliphatic heterocycles. The van der Waals surface area contributed by atoms with E-state index in [0.717, 1.165) is 11.3 Å². The van der Waals surface area contributed by atoms with Crippen molar-refractivity contribution in [2.45, 2.75) is 6.92 Å². The summed E-state index contributed by atoms with van der Waals surface area (Å²) in [5.74, 6) is -0.205. The van der Waals surface area contributed by atoms with Gasteiger partial charge in [0.1, 0.15) is 0 Å². The summed E-state index contributed by atoms with van der Waals surface area (Å²) in [6.45, 7) is 7.06. The third kappa shape index (κ3) is 4.57. The molecule has 21 heavy (non-hydrogen) atoms. The molecule has 1 aromatic heterocycles. The number of hydrogen-bond acceptors (Lipinski definition) is 3. The monoisotopic (exact) mass is 285 g/mol. The molecule has 5 heteroatoms. The van der Waals surface area contributed by atoms with E-state index in [1.165, 1.54) is 0 Å². The van der Waals surface area contributed by atoms with E-state index in [-0.39, 0.29) is 5.91 Å². The summed E-state index contributed by atoms with van der Waals surface area (Å²) in [7, 11) is 0. The number of hydrogen-bond donors (Lipinski definition) is 1. The molecule has 0 saturated carbocycles. The molecule has 2 aromatic rings. The number of para-hydroxylation sites is 1. The van der Waals surface area contributed by atoms with Crippen LogP contribution in [0.15, 0.2) is 54.7 Å². The smallest absolute Gasteiger partial charge is 0.271 e. The Morgan fingerprint density at radius 3 is 2.81 bits per heavy atom. The molecule has 0 bridgehead atoms. The Bertz CT molecular complexity index is 605. The van der Waals surface area contributed by atoms with Crippen LogP contribution in [0.5, 0.6) is 0 Å². The molecule has 0 unspecified atom stereocenters. The second-order valence-corrected chi connectivity index (χ2v) is 4.75. The number of nitrogens with one attached hydrogen (secondary N) is 1. The fraction of sp³-hybridized carbons (Fsp3) is 0.250. The SMILES string of the molecule is C=C(C)COCCNC(=O)c1ccn(-c2ccccc2)n1. The Hall–Kier alpha value is -2.40. The lowest BCUT2D eigenvalue weighted by Crippen LogP contribution is -2.27. The highest BCUT2D eigenvalue weighted by atomic mass is 16.5. The van der Waals surface area contributed by atoms with Gasteiger partial charge in [-0.1, -0.05) is 30.4 Å². The van der Waals surface area contributed by atoms with Gasteiger partial charge in [-0.3, -0.25) is 4.79 Å². The highest BCUT2D eigenvalue weighted by Crippen LogP contribution is 2.06. The zero-order chi connectivity index (χ0) is 15.1. The molecule has 1 N–H and O–H groups in total. The van der Waals surface area contributed by atoms with Gasteiger partial charge < -0.3 is 10.1 Å². The van der Waals surface area contributed by atoms with Crippen LogP contribution in [-0.2, 0) is 4.74 Å². The predicted molar refractivity (Wildman–Crippen MR) is 81.5 cm³/mol. The summed E-state index contributed by atoms with van der Waals surface area (Å²) in [5, 5.41) is 7.03. The molecule has 5 nitrogen and oxygen atoms in total. The van der Waals surface area contributed by atoms with Crippen molar-refractivity contribution in [1.29, 1.82) is 0 Å². The van der Waals surface area contributed by atoms with Crippen LogP contribution in [0.3, 0.4) is 0 Å². The van der Waals surface area contributed by atoms with Gasteiger partial charge in [-0.05, 0) is 25.1 Å². The standard InChI is InChI=1S/C16H19N3O2/c1-13(2)12-21-11-9-17-16(20)15-8-10-19(18-15)14-6-4-3-5-7-14/h3-8,10H,1,9,11-12H2,2H3,(H,17,20). The molecule has 2 rings (SSSR count). The highest BCUT2D eigenvalue weighted by Gasteiger charge is 2.09. The first-order chi connectivity index (χ1) is 10.2. The van der Waals surface area contributed by atoms with Crippen LogP contribution in [-0.4, -0.2) is 35.4 Å². The molecule has 0 saturated heterocycles.